The maximum Gasteiger partial charge on any atom is 0.358 e. The number of nitrogens with zero attached hydrogens (tertiary/aromatic N) is 3. The summed E-state index contributed by atoms with van der Waals surface area (Å²) in [6.45, 7) is 0.330. The van der Waals surface area contributed by atoms with E-state index in [1.807, 2.05) is 0 Å². The first-order chi connectivity index (χ1) is 10.7. The highest BCUT2D eigenvalue weighted by atomic mass is 16.5. The van der Waals surface area contributed by atoms with Crippen LogP contribution in [0.25, 0.3) is 0 Å². The molecule has 0 saturated heterocycles. The SMILES string of the molecule is COc1ccccc1OCc1c(C(=O)O)nnn1CCCO. The molecular weight excluding hydrogens is 290 g/mol. The minimum Gasteiger partial charge on any atom is -0.493 e. The van der Waals surface area contributed by atoms with E-state index < -0.39 is 5.97 Å². The number of aliphatic hydroxyl groups is 1. The summed E-state index contributed by atoms with van der Waals surface area (Å²) < 4.78 is 12.2. The van der Waals surface area contributed by atoms with E-state index in [0.717, 1.165) is 0 Å². The van der Waals surface area contributed by atoms with Gasteiger partial charge >= 0.3 is 5.97 Å². The first-order valence-corrected chi connectivity index (χ1v) is 6.69. The number of methoxy groups -OCH3 is 1. The molecule has 0 radical (unpaired) electrons. The molecule has 1 heterocycles. The van der Waals surface area contributed by atoms with Crippen LogP contribution >= 0.6 is 0 Å². The molecule has 0 aliphatic carbocycles. The van der Waals surface area contributed by atoms with Crippen molar-refractivity contribution in [2.45, 2.75) is 19.6 Å². The predicted octanol–water partition coefficient (Wildman–Crippen LogP) is 0.946. The van der Waals surface area contributed by atoms with Crippen LogP contribution in [-0.4, -0.2) is 44.9 Å². The number of hydrogen-bond acceptors (Lipinski definition) is 6. The molecule has 0 saturated carbocycles. The number of carbonyl (C=O) groups is 1. The van der Waals surface area contributed by atoms with Crippen LogP contribution in [0.5, 0.6) is 11.5 Å². The largest absolute Gasteiger partial charge is 0.493 e. The zero-order chi connectivity index (χ0) is 15.9. The predicted molar refractivity (Wildman–Crippen MR) is 76.0 cm³/mol. The van der Waals surface area contributed by atoms with Gasteiger partial charge in [-0.2, -0.15) is 0 Å². The molecule has 0 spiro atoms. The second kappa shape index (κ2) is 7.41. The summed E-state index contributed by atoms with van der Waals surface area (Å²) in [6.07, 6.45) is 0.448. The van der Waals surface area contributed by atoms with Crippen molar-refractivity contribution in [1.29, 1.82) is 0 Å². The second-order valence-corrected chi connectivity index (χ2v) is 4.43. The van der Waals surface area contributed by atoms with E-state index in [0.29, 0.717) is 30.2 Å². The van der Waals surface area contributed by atoms with Crippen LogP contribution in [0.4, 0.5) is 0 Å². The Morgan fingerprint density at radius 1 is 1.32 bits per heavy atom. The van der Waals surface area contributed by atoms with Crippen LogP contribution in [0.3, 0.4) is 0 Å². The fourth-order valence-electron chi connectivity index (χ4n) is 1.93. The molecule has 0 atom stereocenters. The van der Waals surface area contributed by atoms with Gasteiger partial charge in [0.15, 0.2) is 17.2 Å². The van der Waals surface area contributed by atoms with Crippen LogP contribution in [0.1, 0.15) is 22.6 Å². The summed E-state index contributed by atoms with van der Waals surface area (Å²) in [4.78, 5) is 11.2. The Morgan fingerprint density at radius 2 is 2.05 bits per heavy atom. The summed E-state index contributed by atoms with van der Waals surface area (Å²) in [7, 11) is 1.53. The Balaban J connectivity index is 2.20. The van der Waals surface area contributed by atoms with Crippen LogP contribution in [0.2, 0.25) is 0 Å². The van der Waals surface area contributed by atoms with Crippen molar-refractivity contribution in [3.63, 3.8) is 0 Å². The number of carboxylic acids is 1. The third-order valence-electron chi connectivity index (χ3n) is 3.00. The number of aromatic nitrogens is 3. The van der Waals surface area contributed by atoms with Crippen molar-refractivity contribution in [1.82, 2.24) is 15.0 Å². The summed E-state index contributed by atoms with van der Waals surface area (Å²) in [6, 6.07) is 7.06. The molecule has 1 aromatic heterocycles. The topological polar surface area (TPSA) is 107 Å². The zero-order valence-corrected chi connectivity index (χ0v) is 12.1. The smallest absolute Gasteiger partial charge is 0.358 e. The number of rotatable bonds is 8. The van der Waals surface area contributed by atoms with E-state index in [-0.39, 0.29) is 18.9 Å². The molecule has 0 unspecified atom stereocenters. The average molecular weight is 307 g/mol. The summed E-state index contributed by atoms with van der Waals surface area (Å²) in [5.74, 6) is -0.126. The van der Waals surface area contributed by atoms with Gasteiger partial charge in [0, 0.05) is 13.2 Å². The average Bonchev–Trinajstić information content (AvgIpc) is 2.94. The number of ether oxygens (including phenoxy) is 2. The van der Waals surface area contributed by atoms with Crippen LogP contribution in [-0.2, 0) is 13.2 Å². The van der Waals surface area contributed by atoms with Crippen molar-refractivity contribution < 1.29 is 24.5 Å². The molecule has 0 aliphatic rings. The van der Waals surface area contributed by atoms with Gasteiger partial charge in [-0.15, -0.1) is 5.10 Å². The van der Waals surface area contributed by atoms with Crippen molar-refractivity contribution in [2.24, 2.45) is 0 Å². The molecule has 0 amide bonds. The third-order valence-corrected chi connectivity index (χ3v) is 3.00. The number of para-hydroxylation sites is 2. The highest BCUT2D eigenvalue weighted by Crippen LogP contribution is 2.26. The Labute approximate surface area is 126 Å². The van der Waals surface area contributed by atoms with Gasteiger partial charge in [-0.1, -0.05) is 17.3 Å². The third kappa shape index (κ3) is 3.53. The number of carboxylic acid groups (broad SMARTS) is 1. The molecule has 118 valence electrons. The van der Waals surface area contributed by atoms with Gasteiger partial charge in [-0.05, 0) is 18.6 Å². The van der Waals surface area contributed by atoms with Crippen LogP contribution in [0, 0.1) is 0 Å². The summed E-state index contributed by atoms with van der Waals surface area (Å²) in [5, 5.41) is 25.5. The maximum absolute atomic E-state index is 11.2. The molecule has 2 N–H and O–H groups in total. The quantitative estimate of drug-likeness (QED) is 0.747. The lowest BCUT2D eigenvalue weighted by molar-refractivity contribution is 0.0687. The molecule has 2 aromatic rings. The maximum atomic E-state index is 11.2. The van der Waals surface area contributed by atoms with Crippen molar-refractivity contribution in [2.75, 3.05) is 13.7 Å². The van der Waals surface area contributed by atoms with E-state index in [1.54, 1.807) is 24.3 Å². The molecule has 0 fully saturated rings. The fourth-order valence-corrected chi connectivity index (χ4v) is 1.93. The molecule has 8 nitrogen and oxygen atoms in total. The fraction of sp³-hybridized carbons (Fsp3) is 0.357. The van der Waals surface area contributed by atoms with E-state index in [2.05, 4.69) is 10.3 Å². The molecule has 0 aliphatic heterocycles. The lowest BCUT2D eigenvalue weighted by Gasteiger charge is -2.11. The van der Waals surface area contributed by atoms with Gasteiger partial charge in [0.2, 0.25) is 0 Å². The van der Waals surface area contributed by atoms with E-state index in [9.17, 15) is 4.79 Å². The lowest BCUT2D eigenvalue weighted by Crippen LogP contribution is -2.12. The number of aromatic carboxylic acids is 1. The monoisotopic (exact) mass is 307 g/mol. The van der Waals surface area contributed by atoms with Crippen molar-refractivity contribution in [3.8, 4) is 11.5 Å². The number of aryl methyl sites for hydroxylation is 1. The lowest BCUT2D eigenvalue weighted by atomic mass is 10.3. The Morgan fingerprint density at radius 3 is 2.68 bits per heavy atom. The molecule has 1 aromatic carbocycles. The minimum absolute atomic E-state index is 0.0135. The Kier molecular flexibility index (Phi) is 5.31. The summed E-state index contributed by atoms with van der Waals surface area (Å²) in [5.41, 5.74) is 0.180. The van der Waals surface area contributed by atoms with Crippen molar-refractivity contribution in [3.05, 3.63) is 35.7 Å². The van der Waals surface area contributed by atoms with Gasteiger partial charge in [0.1, 0.15) is 12.3 Å². The Hall–Kier alpha value is -2.61. The number of aliphatic hydroxyl groups excluding tert-OH is 1. The minimum atomic E-state index is -1.17. The van der Waals surface area contributed by atoms with Crippen LogP contribution < -0.4 is 9.47 Å². The Bertz CT molecular complexity index is 641. The van der Waals surface area contributed by atoms with Gasteiger partial charge in [-0.25, -0.2) is 9.48 Å². The van der Waals surface area contributed by atoms with E-state index >= 15 is 0 Å². The molecule has 8 heteroatoms. The molecule has 22 heavy (non-hydrogen) atoms. The number of benzene rings is 1. The highest BCUT2D eigenvalue weighted by Gasteiger charge is 2.19. The van der Waals surface area contributed by atoms with Crippen LogP contribution in [0.15, 0.2) is 24.3 Å². The van der Waals surface area contributed by atoms with E-state index in [1.165, 1.54) is 11.8 Å². The zero-order valence-electron chi connectivity index (χ0n) is 12.1. The molecular formula is C14H17N3O5. The van der Waals surface area contributed by atoms with Gasteiger partial charge in [0.25, 0.3) is 0 Å². The molecule has 0 bridgehead atoms. The van der Waals surface area contributed by atoms with Gasteiger partial charge in [0.05, 0.1) is 7.11 Å². The number of hydrogen-bond donors (Lipinski definition) is 2. The van der Waals surface area contributed by atoms with Crippen molar-refractivity contribution >= 4 is 5.97 Å². The highest BCUT2D eigenvalue weighted by molar-refractivity contribution is 5.86. The normalized spacial score (nSPS) is 10.5. The summed E-state index contributed by atoms with van der Waals surface area (Å²) >= 11 is 0. The van der Waals surface area contributed by atoms with Gasteiger partial charge in [-0.3, -0.25) is 0 Å². The second-order valence-electron chi connectivity index (χ2n) is 4.43. The standard InChI is InChI=1S/C14H17N3O5/c1-21-11-5-2-3-6-12(11)22-9-10-13(14(19)20)15-16-17(10)7-4-8-18/h2-3,5-6,18H,4,7-9H2,1H3,(H,19,20). The first kappa shape index (κ1) is 15.8. The first-order valence-electron chi connectivity index (χ1n) is 6.69. The molecule has 2 rings (SSSR count). The van der Waals surface area contributed by atoms with Gasteiger partial charge < -0.3 is 19.7 Å². The van der Waals surface area contributed by atoms with E-state index in [4.69, 9.17) is 19.7 Å².